The first-order valence-electron chi connectivity index (χ1n) is 7.49. The number of aromatic carboxylic acids is 1. The van der Waals surface area contributed by atoms with Crippen LogP contribution in [0.5, 0.6) is 0 Å². The molecule has 3 rings (SSSR count). The van der Waals surface area contributed by atoms with Crippen LogP contribution in [-0.2, 0) is 13.6 Å². The number of benzene rings is 1. The van der Waals surface area contributed by atoms with Gasteiger partial charge >= 0.3 is 5.97 Å². The van der Waals surface area contributed by atoms with E-state index in [0.29, 0.717) is 21.1 Å². The number of halogens is 3. The molecule has 0 spiro atoms. The molecule has 0 fully saturated rings. The highest BCUT2D eigenvalue weighted by atomic mass is 79.9. The highest BCUT2D eigenvalue weighted by Gasteiger charge is 2.23. The number of amides is 1. The summed E-state index contributed by atoms with van der Waals surface area (Å²) in [7, 11) is 1.45. The predicted molar refractivity (Wildman–Crippen MR) is 104 cm³/mol. The fraction of sp³-hybridized carbons (Fsp3) is 0.125. The molecule has 2 N–H and O–H groups in total. The lowest BCUT2D eigenvalue weighted by Crippen LogP contribution is -2.17. The van der Waals surface area contributed by atoms with Crippen molar-refractivity contribution in [2.24, 2.45) is 7.05 Å². The van der Waals surface area contributed by atoms with Crippen LogP contribution in [0.25, 0.3) is 0 Å². The summed E-state index contributed by atoms with van der Waals surface area (Å²) in [5, 5.41) is 20.9. The van der Waals surface area contributed by atoms with E-state index < -0.39 is 11.9 Å². The summed E-state index contributed by atoms with van der Waals surface area (Å²) in [5.41, 5.74) is 0.526. The fourth-order valence-electron chi connectivity index (χ4n) is 2.42. The first-order chi connectivity index (χ1) is 12.8. The Balaban J connectivity index is 1.81. The van der Waals surface area contributed by atoms with Crippen molar-refractivity contribution in [1.82, 2.24) is 19.6 Å². The van der Waals surface area contributed by atoms with Crippen molar-refractivity contribution in [3.63, 3.8) is 0 Å². The van der Waals surface area contributed by atoms with Crippen LogP contribution in [0.1, 0.15) is 26.4 Å². The third-order valence-electron chi connectivity index (χ3n) is 3.68. The summed E-state index contributed by atoms with van der Waals surface area (Å²) in [5.74, 6) is -1.64. The van der Waals surface area contributed by atoms with Gasteiger partial charge in [-0.1, -0.05) is 29.3 Å². The Bertz CT molecular complexity index is 1050. The van der Waals surface area contributed by atoms with E-state index in [1.165, 1.54) is 13.2 Å². The van der Waals surface area contributed by atoms with Crippen LogP contribution in [0.3, 0.4) is 0 Å². The summed E-state index contributed by atoms with van der Waals surface area (Å²) in [4.78, 5) is 23.7. The lowest BCUT2D eigenvalue weighted by atomic mass is 10.2. The van der Waals surface area contributed by atoms with Crippen molar-refractivity contribution >= 4 is 56.8 Å². The maximum Gasteiger partial charge on any atom is 0.354 e. The number of rotatable bonds is 5. The molecule has 0 aliphatic heterocycles. The number of aryl methyl sites for hydroxylation is 1. The maximum absolute atomic E-state index is 12.4. The van der Waals surface area contributed by atoms with Crippen LogP contribution in [0.15, 0.2) is 35.1 Å². The molecule has 2 heterocycles. The monoisotopic (exact) mass is 471 g/mol. The first-order valence-corrected chi connectivity index (χ1v) is 9.04. The second-order valence-corrected chi connectivity index (χ2v) is 7.25. The Kier molecular flexibility index (Phi) is 5.54. The molecule has 0 unspecified atom stereocenters. The number of nitrogens with one attached hydrogen (secondary N) is 1. The molecular formula is C16H12BrCl2N5O3. The van der Waals surface area contributed by atoms with Crippen molar-refractivity contribution in [2.45, 2.75) is 6.54 Å². The van der Waals surface area contributed by atoms with Gasteiger partial charge < -0.3 is 10.4 Å². The standard InChI is InChI=1S/C16H12BrCl2N5O3/c1-23-13(16(26)27)10(5-20-23)15(25)21-14-11(17)7-24(22-14)6-8-2-3-9(18)4-12(8)19/h2-5,7H,6H2,1H3,(H,26,27)(H,21,22,25). The van der Waals surface area contributed by atoms with Gasteiger partial charge in [-0.25, -0.2) is 4.79 Å². The molecule has 140 valence electrons. The second kappa shape index (κ2) is 7.71. The van der Waals surface area contributed by atoms with Gasteiger partial charge in [0.2, 0.25) is 0 Å². The molecule has 0 aliphatic carbocycles. The minimum absolute atomic E-state index is 0.0628. The molecule has 0 atom stereocenters. The summed E-state index contributed by atoms with van der Waals surface area (Å²) in [6, 6.07) is 5.14. The van der Waals surface area contributed by atoms with Crippen molar-refractivity contribution in [2.75, 3.05) is 5.32 Å². The topological polar surface area (TPSA) is 102 Å². The molecule has 11 heteroatoms. The smallest absolute Gasteiger partial charge is 0.354 e. The highest BCUT2D eigenvalue weighted by Crippen LogP contribution is 2.25. The molecule has 1 amide bonds. The summed E-state index contributed by atoms with van der Waals surface area (Å²) in [6.45, 7) is 0.359. The average Bonchev–Trinajstić information content (AvgIpc) is 3.13. The number of carboxylic acids is 1. The van der Waals surface area contributed by atoms with E-state index in [4.69, 9.17) is 23.2 Å². The average molecular weight is 473 g/mol. The molecule has 1 aromatic carbocycles. The van der Waals surface area contributed by atoms with Crippen molar-refractivity contribution in [3.05, 3.63) is 61.9 Å². The number of anilines is 1. The van der Waals surface area contributed by atoms with Crippen LogP contribution in [-0.4, -0.2) is 36.5 Å². The van der Waals surface area contributed by atoms with Crippen LogP contribution in [0.2, 0.25) is 10.0 Å². The van der Waals surface area contributed by atoms with Crippen LogP contribution in [0.4, 0.5) is 5.82 Å². The van der Waals surface area contributed by atoms with Crippen molar-refractivity contribution < 1.29 is 14.7 Å². The van der Waals surface area contributed by atoms with Gasteiger partial charge in [0.1, 0.15) is 0 Å². The lowest BCUT2D eigenvalue weighted by molar-refractivity contribution is 0.0680. The van der Waals surface area contributed by atoms with Gasteiger partial charge in [0, 0.05) is 23.3 Å². The van der Waals surface area contributed by atoms with E-state index in [0.717, 1.165) is 10.2 Å². The summed E-state index contributed by atoms with van der Waals surface area (Å²) in [6.07, 6.45) is 2.86. The van der Waals surface area contributed by atoms with Gasteiger partial charge in [-0.15, -0.1) is 0 Å². The molecule has 0 saturated carbocycles. The van der Waals surface area contributed by atoms with Gasteiger partial charge in [-0.3, -0.25) is 14.2 Å². The first kappa shape index (κ1) is 19.4. The zero-order valence-electron chi connectivity index (χ0n) is 13.8. The molecule has 2 aromatic heterocycles. The third-order valence-corrected chi connectivity index (χ3v) is 4.85. The van der Waals surface area contributed by atoms with Crippen LogP contribution < -0.4 is 5.32 Å². The molecule has 0 radical (unpaired) electrons. The molecular weight excluding hydrogens is 461 g/mol. The van der Waals surface area contributed by atoms with E-state index in [1.807, 2.05) is 0 Å². The molecule has 0 aliphatic rings. The van der Waals surface area contributed by atoms with E-state index in [2.05, 4.69) is 31.4 Å². The molecule has 3 aromatic rings. The van der Waals surface area contributed by atoms with Crippen molar-refractivity contribution in [1.29, 1.82) is 0 Å². The zero-order valence-corrected chi connectivity index (χ0v) is 16.9. The number of hydrogen-bond acceptors (Lipinski definition) is 4. The number of carbonyl (C=O) groups excluding carboxylic acids is 1. The van der Waals surface area contributed by atoms with Gasteiger partial charge in [0.25, 0.3) is 5.91 Å². The number of hydrogen-bond donors (Lipinski definition) is 2. The largest absolute Gasteiger partial charge is 0.477 e. The Labute approximate surface area is 171 Å². The summed E-state index contributed by atoms with van der Waals surface area (Å²) >= 11 is 15.4. The van der Waals surface area contributed by atoms with Gasteiger partial charge in [0.05, 0.1) is 22.8 Å². The number of carbonyl (C=O) groups is 2. The SMILES string of the molecule is Cn1ncc(C(=O)Nc2nn(Cc3ccc(Cl)cc3Cl)cc2Br)c1C(=O)O. The fourth-order valence-corrected chi connectivity index (χ4v) is 3.30. The van der Waals surface area contributed by atoms with Gasteiger partial charge in [-0.2, -0.15) is 10.2 Å². The Hall–Kier alpha value is -2.36. The Morgan fingerprint density at radius 1 is 1.33 bits per heavy atom. The van der Waals surface area contributed by atoms with E-state index >= 15 is 0 Å². The third kappa shape index (κ3) is 4.15. The highest BCUT2D eigenvalue weighted by molar-refractivity contribution is 9.10. The maximum atomic E-state index is 12.4. The number of aromatic nitrogens is 4. The lowest BCUT2D eigenvalue weighted by Gasteiger charge is -2.05. The van der Waals surface area contributed by atoms with E-state index in [1.54, 1.807) is 29.1 Å². The van der Waals surface area contributed by atoms with Crippen molar-refractivity contribution in [3.8, 4) is 0 Å². The molecule has 0 bridgehead atoms. The van der Waals surface area contributed by atoms with Gasteiger partial charge in [0.15, 0.2) is 11.5 Å². The predicted octanol–water partition coefficient (Wildman–Crippen LogP) is 3.68. The zero-order chi connectivity index (χ0) is 19.7. The molecule has 0 saturated heterocycles. The summed E-state index contributed by atoms with van der Waals surface area (Å²) < 4.78 is 3.23. The normalized spacial score (nSPS) is 10.8. The van der Waals surface area contributed by atoms with Gasteiger partial charge in [-0.05, 0) is 33.6 Å². The van der Waals surface area contributed by atoms with Crippen LogP contribution >= 0.6 is 39.1 Å². The minimum atomic E-state index is -1.25. The number of nitrogens with zero attached hydrogens (tertiary/aromatic N) is 4. The Morgan fingerprint density at radius 3 is 2.74 bits per heavy atom. The number of carboxylic acid groups (broad SMARTS) is 1. The quantitative estimate of drug-likeness (QED) is 0.589. The second-order valence-electron chi connectivity index (χ2n) is 5.55. The minimum Gasteiger partial charge on any atom is -0.477 e. The molecule has 27 heavy (non-hydrogen) atoms. The van der Waals surface area contributed by atoms with Crippen LogP contribution in [0, 0.1) is 0 Å². The molecule has 8 nitrogen and oxygen atoms in total. The van der Waals surface area contributed by atoms with E-state index in [9.17, 15) is 14.7 Å². The Morgan fingerprint density at radius 2 is 2.07 bits per heavy atom. The van der Waals surface area contributed by atoms with E-state index in [-0.39, 0.29) is 17.1 Å².